The summed E-state index contributed by atoms with van der Waals surface area (Å²) in [5.41, 5.74) is 11.3. The van der Waals surface area contributed by atoms with Gasteiger partial charge in [-0.1, -0.05) is 58.3 Å². The molecule has 0 heterocycles. The molecule has 0 bridgehead atoms. The van der Waals surface area contributed by atoms with Crippen LogP contribution in [0.2, 0.25) is 0 Å². The molecular weight excluding hydrogens is 184 g/mol. The predicted octanol–water partition coefficient (Wildman–Crippen LogP) is 3.19. The second-order valence-electron chi connectivity index (χ2n) is 4.60. The van der Waals surface area contributed by atoms with Crippen molar-refractivity contribution in [1.29, 1.82) is 0 Å². The average molecular weight is 214 g/mol. The van der Waals surface area contributed by atoms with Crippen LogP contribution < -0.4 is 11.5 Å². The Hall–Kier alpha value is -0.0800. The number of unbranched alkanes of at least 4 members (excludes halogenated alkanes) is 7. The first-order valence-electron chi connectivity index (χ1n) is 6.77. The lowest BCUT2D eigenvalue weighted by atomic mass is 10.0. The minimum Gasteiger partial charge on any atom is -0.330 e. The lowest BCUT2D eigenvalue weighted by molar-refractivity contribution is 0.511. The molecule has 92 valence electrons. The van der Waals surface area contributed by atoms with E-state index >= 15 is 0 Å². The molecule has 0 radical (unpaired) electrons. The maximum absolute atomic E-state index is 5.88. The smallest absolute Gasteiger partial charge is 0.00508 e. The zero-order valence-electron chi connectivity index (χ0n) is 10.5. The summed E-state index contributed by atoms with van der Waals surface area (Å²) in [5, 5.41) is 0. The van der Waals surface area contributed by atoms with Crippen LogP contribution in [0.1, 0.15) is 71.1 Å². The van der Waals surface area contributed by atoms with Gasteiger partial charge in [0.1, 0.15) is 0 Å². The molecule has 0 aliphatic carbocycles. The highest BCUT2D eigenvalue weighted by Gasteiger charge is 2.00. The van der Waals surface area contributed by atoms with Crippen LogP contribution >= 0.6 is 0 Å². The van der Waals surface area contributed by atoms with Gasteiger partial charge < -0.3 is 11.5 Å². The Morgan fingerprint density at radius 3 is 1.87 bits per heavy atom. The van der Waals surface area contributed by atoms with E-state index in [4.69, 9.17) is 11.5 Å². The Bertz CT molecular complexity index is 115. The normalized spacial score (nSPS) is 13.0. The molecule has 1 unspecified atom stereocenters. The molecule has 0 aliphatic heterocycles. The number of hydrogen-bond donors (Lipinski definition) is 2. The van der Waals surface area contributed by atoms with E-state index in [9.17, 15) is 0 Å². The summed E-state index contributed by atoms with van der Waals surface area (Å²) < 4.78 is 0. The first kappa shape index (κ1) is 14.9. The first-order chi connectivity index (χ1) is 7.31. The molecule has 0 aromatic carbocycles. The summed E-state index contributed by atoms with van der Waals surface area (Å²) in [7, 11) is 0. The molecule has 0 spiro atoms. The van der Waals surface area contributed by atoms with Crippen LogP contribution in [0.3, 0.4) is 0 Å². The van der Waals surface area contributed by atoms with Crippen molar-refractivity contribution in [3.63, 3.8) is 0 Å². The quantitative estimate of drug-likeness (QED) is 0.519. The van der Waals surface area contributed by atoms with Crippen molar-refractivity contribution >= 4 is 0 Å². The van der Waals surface area contributed by atoms with Crippen molar-refractivity contribution in [2.45, 2.75) is 77.2 Å². The fraction of sp³-hybridized carbons (Fsp3) is 1.00. The lowest BCUT2D eigenvalue weighted by Crippen LogP contribution is -2.23. The van der Waals surface area contributed by atoms with E-state index in [2.05, 4.69) is 6.92 Å². The van der Waals surface area contributed by atoms with Crippen LogP contribution in [0, 0.1) is 0 Å². The van der Waals surface area contributed by atoms with E-state index in [0.29, 0.717) is 6.04 Å². The van der Waals surface area contributed by atoms with Crippen molar-refractivity contribution in [1.82, 2.24) is 0 Å². The van der Waals surface area contributed by atoms with Gasteiger partial charge in [0.25, 0.3) is 0 Å². The van der Waals surface area contributed by atoms with E-state index in [0.717, 1.165) is 19.4 Å². The van der Waals surface area contributed by atoms with Crippen molar-refractivity contribution in [3.05, 3.63) is 0 Å². The van der Waals surface area contributed by atoms with Crippen molar-refractivity contribution in [2.24, 2.45) is 11.5 Å². The summed E-state index contributed by atoms with van der Waals surface area (Å²) in [6, 6.07) is 0.343. The van der Waals surface area contributed by atoms with Crippen LogP contribution in [0.4, 0.5) is 0 Å². The van der Waals surface area contributed by atoms with Crippen molar-refractivity contribution < 1.29 is 0 Å². The van der Waals surface area contributed by atoms with E-state index in [1.54, 1.807) is 0 Å². The zero-order chi connectivity index (χ0) is 11.4. The van der Waals surface area contributed by atoms with Gasteiger partial charge in [0, 0.05) is 6.04 Å². The van der Waals surface area contributed by atoms with Gasteiger partial charge in [0.15, 0.2) is 0 Å². The lowest BCUT2D eigenvalue weighted by Gasteiger charge is -2.09. The summed E-state index contributed by atoms with van der Waals surface area (Å²) in [6.45, 7) is 3.00. The van der Waals surface area contributed by atoms with Gasteiger partial charge in [-0.3, -0.25) is 0 Å². The minimum absolute atomic E-state index is 0.343. The van der Waals surface area contributed by atoms with Crippen LogP contribution in [-0.2, 0) is 0 Å². The average Bonchev–Trinajstić information content (AvgIpc) is 2.22. The standard InChI is InChI=1S/C13H30N2/c1-2-3-4-5-6-7-8-9-10-13(15)11-12-14/h13H,2-12,14-15H2,1H3. The van der Waals surface area contributed by atoms with E-state index in [-0.39, 0.29) is 0 Å². The first-order valence-corrected chi connectivity index (χ1v) is 6.77. The summed E-state index contributed by atoms with van der Waals surface area (Å²) in [5.74, 6) is 0. The predicted molar refractivity (Wildman–Crippen MR) is 68.9 cm³/mol. The molecule has 0 aromatic heterocycles. The largest absolute Gasteiger partial charge is 0.330 e. The molecule has 15 heavy (non-hydrogen) atoms. The van der Waals surface area contributed by atoms with Gasteiger partial charge in [-0.2, -0.15) is 0 Å². The fourth-order valence-electron chi connectivity index (χ4n) is 1.90. The van der Waals surface area contributed by atoms with Gasteiger partial charge in [-0.05, 0) is 19.4 Å². The second-order valence-corrected chi connectivity index (χ2v) is 4.60. The molecule has 0 rings (SSSR count). The molecule has 1 atom stereocenters. The topological polar surface area (TPSA) is 52.0 Å². The Morgan fingerprint density at radius 2 is 1.33 bits per heavy atom. The Balaban J connectivity index is 2.98. The van der Waals surface area contributed by atoms with Gasteiger partial charge in [-0.25, -0.2) is 0 Å². The van der Waals surface area contributed by atoms with Gasteiger partial charge in [-0.15, -0.1) is 0 Å². The highest BCUT2D eigenvalue weighted by molar-refractivity contribution is 4.61. The molecule has 0 aliphatic rings. The monoisotopic (exact) mass is 214 g/mol. The molecule has 2 nitrogen and oxygen atoms in total. The highest BCUT2D eigenvalue weighted by atomic mass is 14.6. The third-order valence-corrected chi connectivity index (χ3v) is 2.97. The van der Waals surface area contributed by atoms with Crippen LogP contribution in [0.5, 0.6) is 0 Å². The van der Waals surface area contributed by atoms with E-state index in [1.165, 1.54) is 51.4 Å². The third kappa shape index (κ3) is 11.8. The molecule has 0 aromatic rings. The third-order valence-electron chi connectivity index (χ3n) is 2.97. The Kier molecular flexibility index (Phi) is 11.9. The molecular formula is C13H30N2. The Labute approximate surface area is 95.8 Å². The van der Waals surface area contributed by atoms with Gasteiger partial charge in [0.05, 0.1) is 0 Å². The van der Waals surface area contributed by atoms with Gasteiger partial charge >= 0.3 is 0 Å². The van der Waals surface area contributed by atoms with Crippen LogP contribution in [-0.4, -0.2) is 12.6 Å². The van der Waals surface area contributed by atoms with Crippen molar-refractivity contribution in [3.8, 4) is 0 Å². The SMILES string of the molecule is CCCCCCCCCCC(N)CCN. The van der Waals surface area contributed by atoms with Crippen LogP contribution in [0.15, 0.2) is 0 Å². The van der Waals surface area contributed by atoms with E-state index in [1.807, 2.05) is 0 Å². The molecule has 2 heteroatoms. The maximum Gasteiger partial charge on any atom is 0.00508 e. The fourth-order valence-corrected chi connectivity index (χ4v) is 1.90. The van der Waals surface area contributed by atoms with Crippen LogP contribution in [0.25, 0.3) is 0 Å². The second kappa shape index (κ2) is 12.0. The molecule has 0 amide bonds. The molecule has 0 saturated heterocycles. The molecule has 0 saturated carbocycles. The van der Waals surface area contributed by atoms with Gasteiger partial charge in [0.2, 0.25) is 0 Å². The molecule has 0 fully saturated rings. The summed E-state index contributed by atoms with van der Waals surface area (Å²) >= 11 is 0. The maximum atomic E-state index is 5.88. The molecule has 4 N–H and O–H groups in total. The van der Waals surface area contributed by atoms with E-state index < -0.39 is 0 Å². The summed E-state index contributed by atoms with van der Waals surface area (Å²) in [4.78, 5) is 0. The Morgan fingerprint density at radius 1 is 0.800 bits per heavy atom. The summed E-state index contributed by atoms with van der Waals surface area (Å²) in [6.07, 6.45) is 13.2. The number of hydrogen-bond acceptors (Lipinski definition) is 2. The number of nitrogens with two attached hydrogens (primary N) is 2. The number of rotatable bonds is 11. The van der Waals surface area contributed by atoms with Crippen molar-refractivity contribution in [2.75, 3.05) is 6.54 Å². The highest BCUT2D eigenvalue weighted by Crippen LogP contribution is 2.10. The zero-order valence-corrected chi connectivity index (χ0v) is 10.5. The minimum atomic E-state index is 0.343.